The smallest absolute Gasteiger partial charge is 0.197 e. The summed E-state index contributed by atoms with van der Waals surface area (Å²) in [5, 5.41) is 14.1. The summed E-state index contributed by atoms with van der Waals surface area (Å²) in [6.07, 6.45) is 2.33. The number of furan rings is 1. The summed E-state index contributed by atoms with van der Waals surface area (Å²) < 4.78 is 14.9. The fourth-order valence-electron chi connectivity index (χ4n) is 11.6. The molecule has 5 heterocycles. The summed E-state index contributed by atoms with van der Waals surface area (Å²) in [6.45, 7) is 16.4. The van der Waals surface area contributed by atoms with Gasteiger partial charge >= 0.3 is 0 Å². The Morgan fingerprint density at radius 2 is 1.20 bits per heavy atom. The van der Waals surface area contributed by atoms with Gasteiger partial charge in [-0.1, -0.05) is 115 Å². The summed E-state index contributed by atoms with van der Waals surface area (Å²) >= 11 is 3.78. The standard InChI is InChI=1S/C60H48BN2OS2/c1-58(2,3)32-16-18-33(19-17-32)62-47-25-41-40-24-44-45(60(6,7)23-22-59(44,4)5)30-51(40)64-50(41)28-38(47)36-20-21-37-39-29-54-42(34-12-8-10-14-52(34)65-54)26-48(39)63-49-27-43-35-13-9-11-15-53(35)66-55(43)31-46(49)61-56(36)57(37)63/h8-21,24-31,62H,22-23H2,1-7H3. The molecule has 0 amide bonds. The van der Waals surface area contributed by atoms with Gasteiger partial charge in [-0.25, -0.2) is 0 Å². The van der Waals surface area contributed by atoms with Gasteiger partial charge in [0.2, 0.25) is 0 Å². The number of hydrogen-bond acceptors (Lipinski definition) is 4. The number of fused-ring (bicyclic) bond motifs is 15. The van der Waals surface area contributed by atoms with Crippen LogP contribution in [0.5, 0.6) is 0 Å². The molecule has 12 aromatic rings. The van der Waals surface area contributed by atoms with Crippen molar-refractivity contribution in [2.75, 3.05) is 5.32 Å². The van der Waals surface area contributed by atoms with Crippen molar-refractivity contribution in [1.82, 2.24) is 4.57 Å². The van der Waals surface area contributed by atoms with Crippen molar-refractivity contribution in [2.45, 2.75) is 77.6 Å². The van der Waals surface area contributed by atoms with E-state index in [-0.39, 0.29) is 16.2 Å². The van der Waals surface area contributed by atoms with Gasteiger partial charge in [0.1, 0.15) is 11.2 Å². The summed E-state index contributed by atoms with van der Waals surface area (Å²) in [4.78, 5) is 0. The normalized spacial score (nSPS) is 15.4. The highest BCUT2D eigenvalue weighted by molar-refractivity contribution is 7.26. The van der Waals surface area contributed by atoms with Crippen LogP contribution in [-0.2, 0) is 16.2 Å². The minimum atomic E-state index is 0.0616. The molecule has 0 spiro atoms. The predicted octanol–water partition coefficient (Wildman–Crippen LogP) is 16.4. The molecule has 3 nitrogen and oxygen atoms in total. The average molecular weight is 888 g/mol. The molecule has 66 heavy (non-hydrogen) atoms. The largest absolute Gasteiger partial charge is 0.456 e. The van der Waals surface area contributed by atoms with Crippen molar-refractivity contribution in [2.24, 2.45) is 0 Å². The van der Waals surface area contributed by atoms with Crippen LogP contribution in [0.1, 0.15) is 78.0 Å². The Balaban J connectivity index is 1.06. The fraction of sp³-hybridized carbons (Fsp3) is 0.200. The van der Waals surface area contributed by atoms with E-state index in [2.05, 4.69) is 199 Å². The molecule has 0 atom stereocenters. The van der Waals surface area contributed by atoms with Crippen LogP contribution in [0.4, 0.5) is 11.4 Å². The van der Waals surface area contributed by atoms with E-state index in [0.29, 0.717) is 0 Å². The molecule has 14 rings (SSSR count). The SMILES string of the molecule is CC(C)(C)c1ccc(Nc2cc3c(cc2-c2ccc4c5cc6sc7ccccc7c6cc5n5c4c2[B]c2cc4sc6ccccc6c4cc2-5)oc2cc4c(cc23)C(C)(C)CCC4(C)C)cc1. The van der Waals surface area contributed by atoms with E-state index < -0.39 is 0 Å². The third-order valence-corrected chi connectivity index (χ3v) is 17.7. The van der Waals surface area contributed by atoms with E-state index in [1.165, 1.54) is 113 Å². The predicted molar refractivity (Wildman–Crippen MR) is 288 cm³/mol. The highest BCUT2D eigenvalue weighted by Gasteiger charge is 2.38. The van der Waals surface area contributed by atoms with E-state index in [1.807, 2.05) is 22.7 Å². The van der Waals surface area contributed by atoms with Gasteiger partial charge in [0.05, 0.1) is 5.52 Å². The molecule has 319 valence electrons. The van der Waals surface area contributed by atoms with Crippen molar-refractivity contribution in [3.8, 4) is 16.8 Å². The maximum Gasteiger partial charge on any atom is 0.197 e. The van der Waals surface area contributed by atoms with Crippen molar-refractivity contribution < 1.29 is 4.42 Å². The van der Waals surface area contributed by atoms with Crippen molar-refractivity contribution in [3.05, 3.63) is 150 Å². The second-order valence-corrected chi connectivity index (χ2v) is 23.6. The molecule has 6 heteroatoms. The molecule has 0 unspecified atom stereocenters. The van der Waals surface area contributed by atoms with Gasteiger partial charge in [-0.05, 0) is 130 Å². The van der Waals surface area contributed by atoms with Crippen LogP contribution >= 0.6 is 22.7 Å². The lowest BCUT2D eigenvalue weighted by Gasteiger charge is -2.41. The topological polar surface area (TPSA) is 30.1 Å². The van der Waals surface area contributed by atoms with Crippen molar-refractivity contribution in [3.63, 3.8) is 0 Å². The third-order valence-electron chi connectivity index (χ3n) is 15.4. The zero-order chi connectivity index (χ0) is 44.6. The Kier molecular flexibility index (Phi) is 7.77. The number of thiophene rings is 2. The molecule has 0 bridgehead atoms. The number of hydrogen-bond donors (Lipinski definition) is 1. The molecule has 1 N–H and O–H groups in total. The second kappa shape index (κ2) is 13.2. The first-order chi connectivity index (χ1) is 31.8. The molecule has 1 aliphatic carbocycles. The summed E-state index contributed by atoms with van der Waals surface area (Å²) in [6, 6.07) is 50.8. The quantitative estimate of drug-likeness (QED) is 0.179. The molecule has 2 aliphatic rings. The maximum atomic E-state index is 7.01. The number of benzene rings is 8. The highest BCUT2D eigenvalue weighted by atomic mass is 32.1. The van der Waals surface area contributed by atoms with Gasteiger partial charge in [-0.2, -0.15) is 0 Å². The Bertz CT molecular complexity index is 4090. The monoisotopic (exact) mass is 887 g/mol. The second-order valence-electron chi connectivity index (χ2n) is 21.5. The number of anilines is 2. The molecular weight excluding hydrogens is 840 g/mol. The lowest BCUT2D eigenvalue weighted by atomic mass is 9.59. The summed E-state index contributed by atoms with van der Waals surface area (Å²) in [5.41, 5.74) is 16.9. The number of nitrogens with zero attached hydrogens (tertiary/aromatic N) is 1. The van der Waals surface area contributed by atoms with Crippen LogP contribution in [0.2, 0.25) is 0 Å². The third kappa shape index (κ3) is 5.49. The molecule has 0 saturated carbocycles. The van der Waals surface area contributed by atoms with Gasteiger partial charge in [-0.15, -0.1) is 22.7 Å². The van der Waals surface area contributed by atoms with Gasteiger partial charge < -0.3 is 14.3 Å². The fourth-order valence-corrected chi connectivity index (χ4v) is 13.9. The lowest BCUT2D eigenvalue weighted by molar-refractivity contribution is 0.332. The maximum absolute atomic E-state index is 7.01. The minimum Gasteiger partial charge on any atom is -0.456 e. The van der Waals surface area contributed by atoms with Crippen molar-refractivity contribution >= 4 is 136 Å². The zero-order valence-electron chi connectivity index (χ0n) is 38.4. The molecule has 4 aromatic heterocycles. The van der Waals surface area contributed by atoms with Gasteiger partial charge in [0.15, 0.2) is 7.28 Å². The number of nitrogens with one attached hydrogen (secondary N) is 1. The average Bonchev–Trinajstić information content (AvgIpc) is 4.05. The van der Waals surface area contributed by atoms with Crippen LogP contribution in [0.25, 0.3) is 101 Å². The van der Waals surface area contributed by atoms with Gasteiger partial charge in [0.25, 0.3) is 0 Å². The molecule has 1 radical (unpaired) electrons. The first-order valence-corrected chi connectivity index (χ1v) is 25.1. The van der Waals surface area contributed by atoms with Crippen molar-refractivity contribution in [1.29, 1.82) is 0 Å². The van der Waals surface area contributed by atoms with Crippen LogP contribution in [0, 0.1) is 0 Å². The zero-order valence-corrected chi connectivity index (χ0v) is 40.0. The lowest BCUT2D eigenvalue weighted by Crippen LogP contribution is -2.37. The van der Waals surface area contributed by atoms with Gasteiger partial charge in [0, 0.05) is 90.0 Å². The van der Waals surface area contributed by atoms with Crippen LogP contribution in [0.15, 0.2) is 138 Å². The van der Waals surface area contributed by atoms with Gasteiger partial charge in [-0.3, -0.25) is 0 Å². The Morgan fingerprint density at radius 3 is 1.91 bits per heavy atom. The van der Waals surface area contributed by atoms with Crippen LogP contribution < -0.4 is 16.2 Å². The summed E-state index contributed by atoms with van der Waals surface area (Å²) in [7, 11) is 2.47. The number of aromatic nitrogens is 1. The first-order valence-electron chi connectivity index (χ1n) is 23.4. The van der Waals surface area contributed by atoms with E-state index in [4.69, 9.17) is 4.42 Å². The van der Waals surface area contributed by atoms with E-state index >= 15 is 0 Å². The van der Waals surface area contributed by atoms with E-state index in [1.54, 1.807) is 0 Å². The molecule has 0 saturated heterocycles. The first kappa shape index (κ1) is 38.9. The van der Waals surface area contributed by atoms with E-state index in [9.17, 15) is 0 Å². The molecule has 1 aliphatic heterocycles. The minimum absolute atomic E-state index is 0.0616. The molecule has 0 fully saturated rings. The Morgan fingerprint density at radius 1 is 0.561 bits per heavy atom. The highest BCUT2D eigenvalue weighted by Crippen LogP contribution is 2.50. The van der Waals surface area contributed by atoms with Crippen LogP contribution in [-0.4, -0.2) is 11.8 Å². The number of rotatable bonds is 3. The van der Waals surface area contributed by atoms with E-state index in [0.717, 1.165) is 39.9 Å². The summed E-state index contributed by atoms with van der Waals surface area (Å²) in [5.74, 6) is 0. The molecular formula is C60H48BN2OS2. The Labute approximate surface area is 392 Å². The van der Waals surface area contributed by atoms with Crippen LogP contribution in [0.3, 0.4) is 0 Å². The molecule has 8 aromatic carbocycles. The Hall–Kier alpha value is -6.34.